The van der Waals surface area contributed by atoms with Crippen molar-refractivity contribution in [2.75, 3.05) is 10.3 Å². The summed E-state index contributed by atoms with van der Waals surface area (Å²) in [6.07, 6.45) is 0.552. The predicted octanol–water partition coefficient (Wildman–Crippen LogP) is 4.55. The van der Waals surface area contributed by atoms with Gasteiger partial charge in [-0.3, -0.25) is 14.9 Å². The Balaban J connectivity index is 1.51. The van der Waals surface area contributed by atoms with E-state index in [-0.39, 0.29) is 18.2 Å². The van der Waals surface area contributed by atoms with Crippen LogP contribution in [0.2, 0.25) is 0 Å². The van der Waals surface area contributed by atoms with Gasteiger partial charge in [0.1, 0.15) is 5.71 Å². The number of hydrogen-bond donors (Lipinski definition) is 1. The van der Waals surface area contributed by atoms with E-state index in [0.717, 1.165) is 11.3 Å². The summed E-state index contributed by atoms with van der Waals surface area (Å²) in [5, 5.41) is 10.8. The Morgan fingerprint density at radius 3 is 2.62 bits per heavy atom. The van der Waals surface area contributed by atoms with Gasteiger partial charge in [-0.2, -0.15) is 5.10 Å². The summed E-state index contributed by atoms with van der Waals surface area (Å²) >= 11 is 1.37. The Morgan fingerprint density at radius 2 is 1.86 bits per heavy atom. The molecule has 2 aromatic carbocycles. The molecule has 29 heavy (non-hydrogen) atoms. The maximum Gasteiger partial charge on any atom is 0.273 e. The van der Waals surface area contributed by atoms with Crippen LogP contribution in [0.3, 0.4) is 0 Å². The van der Waals surface area contributed by atoms with Crippen LogP contribution in [0.4, 0.5) is 10.8 Å². The molecule has 1 aliphatic rings. The second kappa shape index (κ2) is 7.97. The monoisotopic (exact) mass is 404 g/mol. The highest BCUT2D eigenvalue weighted by Gasteiger charge is 2.26. The molecule has 1 N–H and O–H groups in total. The summed E-state index contributed by atoms with van der Waals surface area (Å²) in [6.45, 7) is 4.13. The van der Waals surface area contributed by atoms with Crippen LogP contribution in [0.15, 0.2) is 59.0 Å². The maximum atomic E-state index is 12.7. The molecule has 0 saturated heterocycles. The van der Waals surface area contributed by atoms with Crippen molar-refractivity contribution in [3.05, 3.63) is 65.0 Å². The molecule has 6 nitrogen and oxygen atoms in total. The van der Waals surface area contributed by atoms with Gasteiger partial charge in [-0.25, -0.2) is 9.99 Å². The molecule has 7 heteroatoms. The normalized spacial score (nSPS) is 13.9. The first-order chi connectivity index (χ1) is 14.0. The zero-order valence-corrected chi connectivity index (χ0v) is 17.0. The summed E-state index contributed by atoms with van der Waals surface area (Å²) in [7, 11) is 0. The first-order valence-corrected chi connectivity index (χ1v) is 10.2. The molecule has 1 aromatic heterocycles. The highest BCUT2D eigenvalue weighted by Crippen LogP contribution is 2.27. The van der Waals surface area contributed by atoms with Crippen LogP contribution < -0.4 is 10.3 Å². The summed E-state index contributed by atoms with van der Waals surface area (Å²) < 4.78 is 0. The zero-order chi connectivity index (χ0) is 20.4. The first kappa shape index (κ1) is 19.0. The molecule has 0 bridgehead atoms. The van der Waals surface area contributed by atoms with Gasteiger partial charge in [0.15, 0.2) is 5.13 Å². The fourth-order valence-corrected chi connectivity index (χ4v) is 3.74. The van der Waals surface area contributed by atoms with Gasteiger partial charge in [0.2, 0.25) is 5.91 Å². The number of nitrogens with one attached hydrogen (secondary N) is 1. The molecular weight excluding hydrogens is 384 g/mol. The Hall–Kier alpha value is -3.32. The van der Waals surface area contributed by atoms with E-state index < -0.39 is 0 Å². The Labute approximate surface area is 172 Å². The molecule has 0 saturated carbocycles. The summed E-state index contributed by atoms with van der Waals surface area (Å²) in [5.41, 5.74) is 5.22. The Bertz CT molecular complexity index is 1110. The molecular formula is C22H20N4O2S. The number of nitrogens with zero attached hydrogens (tertiary/aromatic N) is 3. The predicted molar refractivity (Wildman–Crippen MR) is 116 cm³/mol. The van der Waals surface area contributed by atoms with Gasteiger partial charge in [0.25, 0.3) is 5.91 Å². The van der Waals surface area contributed by atoms with Crippen molar-refractivity contribution in [3.63, 3.8) is 0 Å². The molecule has 2 heterocycles. The van der Waals surface area contributed by atoms with Gasteiger partial charge in [-0.05, 0) is 43.2 Å². The average molecular weight is 404 g/mol. The third-order valence-electron chi connectivity index (χ3n) is 4.82. The lowest BCUT2D eigenvalue weighted by atomic mass is 10.1. The van der Waals surface area contributed by atoms with Gasteiger partial charge < -0.3 is 0 Å². The number of para-hydroxylation sites is 1. The topological polar surface area (TPSA) is 74.7 Å². The van der Waals surface area contributed by atoms with Crippen molar-refractivity contribution >= 4 is 39.7 Å². The molecule has 4 rings (SSSR count). The van der Waals surface area contributed by atoms with Crippen LogP contribution in [0.25, 0.3) is 11.3 Å². The van der Waals surface area contributed by atoms with E-state index in [4.69, 9.17) is 0 Å². The van der Waals surface area contributed by atoms with Crippen LogP contribution >= 0.6 is 11.3 Å². The number of hydrogen-bond acceptors (Lipinski definition) is 5. The lowest BCUT2D eigenvalue weighted by Gasteiger charge is -2.22. The van der Waals surface area contributed by atoms with Gasteiger partial charge in [0.05, 0.1) is 11.4 Å². The Morgan fingerprint density at radius 1 is 1.07 bits per heavy atom. The summed E-state index contributed by atoms with van der Waals surface area (Å²) in [5.74, 6) is -0.460. The summed E-state index contributed by atoms with van der Waals surface area (Å²) in [4.78, 5) is 29.4. The van der Waals surface area contributed by atoms with E-state index in [9.17, 15) is 9.59 Å². The second-order valence-electron chi connectivity index (χ2n) is 6.88. The molecule has 0 radical (unpaired) electrons. The third kappa shape index (κ3) is 4.09. The third-order valence-corrected chi connectivity index (χ3v) is 5.58. The van der Waals surface area contributed by atoms with Crippen molar-refractivity contribution < 1.29 is 9.59 Å². The lowest BCUT2D eigenvalue weighted by Crippen LogP contribution is -2.36. The van der Waals surface area contributed by atoms with E-state index in [1.807, 2.05) is 29.6 Å². The van der Waals surface area contributed by atoms with Crippen LogP contribution in [-0.4, -0.2) is 22.5 Å². The number of rotatable bonds is 4. The summed E-state index contributed by atoms with van der Waals surface area (Å²) in [6, 6.07) is 15.3. The lowest BCUT2D eigenvalue weighted by molar-refractivity contribution is -0.118. The number of amides is 2. The van der Waals surface area contributed by atoms with Crippen molar-refractivity contribution in [2.24, 2.45) is 5.10 Å². The fourth-order valence-electron chi connectivity index (χ4n) is 3.02. The highest BCUT2D eigenvalue weighted by molar-refractivity contribution is 7.14. The number of hydrazone groups is 1. The number of anilines is 2. The van der Waals surface area contributed by atoms with E-state index in [0.29, 0.717) is 23.0 Å². The molecule has 0 atom stereocenters. The number of thiazole rings is 1. The highest BCUT2D eigenvalue weighted by atomic mass is 32.1. The number of carbonyl (C=O) groups is 2. The van der Waals surface area contributed by atoms with E-state index in [2.05, 4.69) is 41.4 Å². The number of aromatic nitrogens is 1. The zero-order valence-electron chi connectivity index (χ0n) is 16.2. The molecule has 0 aliphatic carbocycles. The molecule has 0 spiro atoms. The molecule has 0 unspecified atom stereocenters. The maximum absolute atomic E-state index is 12.7. The van der Waals surface area contributed by atoms with Gasteiger partial charge in [0, 0.05) is 23.8 Å². The van der Waals surface area contributed by atoms with Crippen LogP contribution in [-0.2, 0) is 9.59 Å². The van der Waals surface area contributed by atoms with Crippen molar-refractivity contribution in [1.82, 2.24) is 4.98 Å². The number of carbonyl (C=O) groups excluding carboxylic acids is 2. The molecule has 1 aliphatic heterocycles. The Kier molecular flexibility index (Phi) is 5.22. The van der Waals surface area contributed by atoms with Gasteiger partial charge >= 0.3 is 0 Å². The van der Waals surface area contributed by atoms with Crippen LogP contribution in [0.5, 0.6) is 0 Å². The molecule has 3 aromatic rings. The second-order valence-corrected chi connectivity index (χ2v) is 7.74. The first-order valence-electron chi connectivity index (χ1n) is 9.31. The smallest absolute Gasteiger partial charge is 0.273 e. The minimum Gasteiger partial charge on any atom is -0.297 e. The quantitative estimate of drug-likeness (QED) is 0.693. The minimum atomic E-state index is -0.334. The van der Waals surface area contributed by atoms with Crippen molar-refractivity contribution in [3.8, 4) is 11.3 Å². The molecule has 0 fully saturated rings. The standard InChI is InChI=1S/C22H20N4O2S/c1-14-8-9-16(12-15(14)2)19-13-29-22(23-19)24-21(28)18-10-11-20(27)26(25-18)17-6-4-3-5-7-17/h3-9,12-13H,10-11H2,1-2H3,(H,23,24,28). The number of aryl methyl sites for hydroxylation is 2. The average Bonchev–Trinajstić information content (AvgIpc) is 3.19. The van der Waals surface area contributed by atoms with Gasteiger partial charge in [-0.15, -0.1) is 11.3 Å². The largest absolute Gasteiger partial charge is 0.297 e. The molecule has 2 amide bonds. The van der Waals surface area contributed by atoms with Crippen LogP contribution in [0, 0.1) is 13.8 Å². The van der Waals surface area contributed by atoms with E-state index in [1.165, 1.54) is 27.5 Å². The van der Waals surface area contributed by atoms with Crippen molar-refractivity contribution in [2.45, 2.75) is 26.7 Å². The van der Waals surface area contributed by atoms with Crippen molar-refractivity contribution in [1.29, 1.82) is 0 Å². The van der Waals surface area contributed by atoms with Crippen LogP contribution in [0.1, 0.15) is 24.0 Å². The van der Waals surface area contributed by atoms with E-state index in [1.54, 1.807) is 12.1 Å². The fraction of sp³-hybridized carbons (Fsp3) is 0.182. The number of benzene rings is 2. The minimum absolute atomic E-state index is 0.126. The van der Waals surface area contributed by atoms with Gasteiger partial charge in [-0.1, -0.05) is 30.3 Å². The molecule has 146 valence electrons. The van der Waals surface area contributed by atoms with E-state index >= 15 is 0 Å². The SMILES string of the molecule is Cc1ccc(-c2csc(NC(=O)C3=NN(c4ccccc4)C(=O)CC3)n2)cc1C.